The minimum atomic E-state index is -1.10. The van der Waals surface area contributed by atoms with Crippen molar-refractivity contribution < 1.29 is 9.18 Å². The second-order valence-corrected chi connectivity index (χ2v) is 3.82. The molecule has 0 N–H and O–H groups in total. The molecule has 1 aromatic rings. The monoisotopic (exact) mass is 239 g/mol. The van der Waals surface area contributed by atoms with E-state index in [1.807, 2.05) is 13.0 Å². The van der Waals surface area contributed by atoms with Gasteiger partial charge in [-0.05, 0) is 18.6 Å². The Morgan fingerprint density at radius 1 is 1.62 bits per heavy atom. The van der Waals surface area contributed by atoms with E-state index in [0.29, 0.717) is 6.42 Å². The quantitative estimate of drug-likeness (QED) is 0.807. The smallest absolute Gasteiger partial charge is 0.154 e. The van der Waals surface area contributed by atoms with Crippen LogP contribution >= 0.6 is 11.6 Å². The van der Waals surface area contributed by atoms with Gasteiger partial charge in [-0.3, -0.25) is 4.79 Å². The molecule has 4 heteroatoms. The van der Waals surface area contributed by atoms with Crippen molar-refractivity contribution in [3.63, 3.8) is 0 Å². The largest absolute Gasteiger partial charge is 0.298 e. The van der Waals surface area contributed by atoms with Gasteiger partial charge < -0.3 is 0 Å². The fourth-order valence-electron chi connectivity index (χ4n) is 1.47. The van der Waals surface area contributed by atoms with E-state index in [1.165, 1.54) is 18.2 Å². The molecule has 0 amide bonds. The van der Waals surface area contributed by atoms with E-state index in [2.05, 4.69) is 0 Å². The van der Waals surface area contributed by atoms with Gasteiger partial charge in [-0.15, -0.1) is 0 Å². The average molecular weight is 240 g/mol. The molecule has 1 atom stereocenters. The normalized spacial score (nSPS) is 11.9. The van der Waals surface area contributed by atoms with Gasteiger partial charge in [0.25, 0.3) is 0 Å². The first-order valence-corrected chi connectivity index (χ1v) is 5.35. The SMILES string of the molecule is CCCC(=O)C(C#N)c1c(F)cccc1Cl. The van der Waals surface area contributed by atoms with Gasteiger partial charge in [0.2, 0.25) is 0 Å². The first kappa shape index (κ1) is 12.7. The Balaban J connectivity index is 3.15. The lowest BCUT2D eigenvalue weighted by atomic mass is 9.93. The van der Waals surface area contributed by atoms with Crippen molar-refractivity contribution in [2.24, 2.45) is 0 Å². The number of carbonyl (C=O) groups is 1. The summed E-state index contributed by atoms with van der Waals surface area (Å²) in [6.45, 7) is 1.83. The maximum Gasteiger partial charge on any atom is 0.154 e. The van der Waals surface area contributed by atoms with Crippen LogP contribution in [-0.2, 0) is 4.79 Å². The topological polar surface area (TPSA) is 40.9 Å². The summed E-state index contributed by atoms with van der Waals surface area (Å²) in [5, 5.41) is 9.05. The van der Waals surface area contributed by atoms with Gasteiger partial charge in [-0.25, -0.2) is 4.39 Å². The van der Waals surface area contributed by atoms with Crippen molar-refractivity contribution in [3.8, 4) is 6.07 Å². The molecule has 1 rings (SSSR count). The van der Waals surface area contributed by atoms with Crippen molar-refractivity contribution in [2.45, 2.75) is 25.7 Å². The molecule has 0 heterocycles. The Kier molecular flexibility index (Phi) is 4.45. The molecule has 0 aliphatic carbocycles. The maximum atomic E-state index is 13.5. The molecule has 16 heavy (non-hydrogen) atoms. The Morgan fingerprint density at radius 3 is 2.81 bits per heavy atom. The molecule has 2 nitrogen and oxygen atoms in total. The molecule has 0 saturated heterocycles. The molecule has 0 spiro atoms. The Labute approximate surface area is 98.6 Å². The van der Waals surface area contributed by atoms with Gasteiger partial charge in [0.05, 0.1) is 6.07 Å². The number of hydrogen-bond acceptors (Lipinski definition) is 2. The average Bonchev–Trinajstić information content (AvgIpc) is 2.24. The molecule has 0 aliphatic heterocycles. The second-order valence-electron chi connectivity index (χ2n) is 3.41. The lowest BCUT2D eigenvalue weighted by Crippen LogP contribution is -2.12. The molecule has 0 radical (unpaired) electrons. The van der Waals surface area contributed by atoms with E-state index < -0.39 is 11.7 Å². The molecular weight excluding hydrogens is 229 g/mol. The van der Waals surface area contributed by atoms with Crippen LogP contribution in [0, 0.1) is 17.1 Å². The first-order valence-electron chi connectivity index (χ1n) is 4.98. The Bertz CT molecular complexity index is 419. The van der Waals surface area contributed by atoms with Crippen LogP contribution in [0.1, 0.15) is 31.2 Å². The van der Waals surface area contributed by atoms with Crippen LogP contribution in [0.15, 0.2) is 18.2 Å². The van der Waals surface area contributed by atoms with Crippen LogP contribution < -0.4 is 0 Å². The minimum absolute atomic E-state index is 0.00915. The van der Waals surface area contributed by atoms with E-state index in [0.717, 1.165) is 0 Å². The number of halogens is 2. The van der Waals surface area contributed by atoms with E-state index in [1.54, 1.807) is 0 Å². The number of ketones is 1. The Hall–Kier alpha value is -1.40. The van der Waals surface area contributed by atoms with E-state index in [-0.39, 0.29) is 22.8 Å². The van der Waals surface area contributed by atoms with Crippen LogP contribution in [-0.4, -0.2) is 5.78 Å². The summed E-state index contributed by atoms with van der Waals surface area (Å²) >= 11 is 5.80. The third kappa shape index (κ3) is 2.59. The van der Waals surface area contributed by atoms with Crippen molar-refractivity contribution >= 4 is 17.4 Å². The standard InChI is InChI=1S/C12H11ClFNO/c1-2-4-11(16)8(7-15)12-9(13)5-3-6-10(12)14/h3,5-6,8H,2,4H2,1H3. The molecule has 0 saturated carbocycles. The molecule has 0 bridgehead atoms. The van der Waals surface area contributed by atoms with Crippen molar-refractivity contribution in [1.82, 2.24) is 0 Å². The van der Waals surface area contributed by atoms with Crippen LogP contribution in [0.2, 0.25) is 5.02 Å². The lowest BCUT2D eigenvalue weighted by Gasteiger charge is -2.10. The number of nitriles is 1. The van der Waals surface area contributed by atoms with Crippen molar-refractivity contribution in [3.05, 3.63) is 34.6 Å². The summed E-state index contributed by atoms with van der Waals surface area (Å²) < 4.78 is 13.5. The summed E-state index contributed by atoms with van der Waals surface area (Å²) in [6.07, 6.45) is 0.881. The summed E-state index contributed by atoms with van der Waals surface area (Å²) in [4.78, 5) is 11.6. The van der Waals surface area contributed by atoms with E-state index in [9.17, 15) is 9.18 Å². The number of rotatable bonds is 4. The third-order valence-electron chi connectivity index (χ3n) is 2.24. The fourth-order valence-corrected chi connectivity index (χ4v) is 1.75. The van der Waals surface area contributed by atoms with Gasteiger partial charge in [0.1, 0.15) is 11.7 Å². The lowest BCUT2D eigenvalue weighted by molar-refractivity contribution is -0.119. The van der Waals surface area contributed by atoms with E-state index >= 15 is 0 Å². The zero-order valence-electron chi connectivity index (χ0n) is 8.84. The first-order chi connectivity index (χ1) is 7.61. The zero-order valence-corrected chi connectivity index (χ0v) is 9.59. The molecule has 0 fully saturated rings. The van der Waals surface area contributed by atoms with Crippen LogP contribution in [0.4, 0.5) is 4.39 Å². The summed E-state index contributed by atoms with van der Waals surface area (Å²) in [5.41, 5.74) is -0.00915. The van der Waals surface area contributed by atoms with Crippen molar-refractivity contribution in [1.29, 1.82) is 5.26 Å². The highest BCUT2D eigenvalue weighted by atomic mass is 35.5. The van der Waals surface area contributed by atoms with Crippen LogP contribution in [0.3, 0.4) is 0 Å². The van der Waals surface area contributed by atoms with Crippen LogP contribution in [0.25, 0.3) is 0 Å². The van der Waals surface area contributed by atoms with Crippen LogP contribution in [0.5, 0.6) is 0 Å². The third-order valence-corrected chi connectivity index (χ3v) is 2.57. The predicted octanol–water partition coefficient (Wildman–Crippen LogP) is 3.46. The molecule has 84 valence electrons. The highest BCUT2D eigenvalue weighted by Gasteiger charge is 2.24. The fraction of sp³-hybridized carbons (Fsp3) is 0.333. The molecular formula is C12H11ClFNO. The molecule has 1 unspecified atom stereocenters. The summed E-state index contributed by atoms with van der Waals surface area (Å²) in [7, 11) is 0. The molecule has 0 aromatic heterocycles. The minimum Gasteiger partial charge on any atom is -0.298 e. The molecule has 0 aliphatic rings. The van der Waals surface area contributed by atoms with Gasteiger partial charge >= 0.3 is 0 Å². The predicted molar refractivity (Wildman–Crippen MR) is 59.7 cm³/mol. The van der Waals surface area contributed by atoms with Gasteiger partial charge in [-0.1, -0.05) is 24.6 Å². The number of hydrogen-bond donors (Lipinski definition) is 0. The number of Topliss-reactive ketones (excluding diaryl/α,β-unsaturated/α-hetero) is 1. The number of carbonyl (C=O) groups excluding carboxylic acids is 1. The van der Waals surface area contributed by atoms with Crippen molar-refractivity contribution in [2.75, 3.05) is 0 Å². The van der Waals surface area contributed by atoms with Gasteiger partial charge in [0.15, 0.2) is 5.78 Å². The van der Waals surface area contributed by atoms with Gasteiger partial charge in [-0.2, -0.15) is 5.26 Å². The highest BCUT2D eigenvalue weighted by molar-refractivity contribution is 6.31. The highest BCUT2D eigenvalue weighted by Crippen LogP contribution is 2.28. The second kappa shape index (κ2) is 5.62. The Morgan fingerprint density at radius 2 is 2.31 bits per heavy atom. The zero-order chi connectivity index (χ0) is 12.1. The number of benzene rings is 1. The van der Waals surface area contributed by atoms with E-state index in [4.69, 9.17) is 16.9 Å². The molecule has 1 aromatic carbocycles. The summed E-state index contributed by atoms with van der Waals surface area (Å²) in [5.74, 6) is -2.01. The number of nitrogens with zero attached hydrogens (tertiary/aromatic N) is 1. The maximum absolute atomic E-state index is 13.5. The summed E-state index contributed by atoms with van der Waals surface area (Å²) in [6, 6.07) is 5.93. The van der Waals surface area contributed by atoms with Gasteiger partial charge in [0, 0.05) is 17.0 Å².